The van der Waals surface area contributed by atoms with Crippen molar-refractivity contribution in [2.75, 3.05) is 0 Å². The van der Waals surface area contributed by atoms with Crippen LogP contribution in [0.5, 0.6) is 0 Å². The van der Waals surface area contributed by atoms with E-state index in [0.29, 0.717) is 0 Å². The quantitative estimate of drug-likeness (QED) is 0.156. The van der Waals surface area contributed by atoms with Crippen LogP contribution in [-0.2, 0) is 24.8 Å². The molecule has 0 aliphatic rings. The fraction of sp³-hybridized carbons (Fsp3) is 0.500. The predicted octanol–water partition coefficient (Wildman–Crippen LogP) is -2.25. The Labute approximate surface area is 120 Å². The van der Waals surface area contributed by atoms with Crippen molar-refractivity contribution in [1.29, 1.82) is 0 Å². The molecule has 0 saturated carbocycles. The summed E-state index contributed by atoms with van der Waals surface area (Å²) in [6.45, 7) is 0. The van der Waals surface area contributed by atoms with Gasteiger partial charge >= 0.3 is 28.3 Å². The van der Waals surface area contributed by atoms with Crippen LogP contribution in [0.1, 0.15) is 12.8 Å². The molecule has 0 heterocycles. The minimum Gasteiger partial charge on any atom is -0.481 e. The van der Waals surface area contributed by atoms with Gasteiger partial charge in [-0.1, -0.05) is 0 Å². The molecule has 16 heteroatoms. The molecule has 0 aromatic carbocycles. The van der Waals surface area contributed by atoms with Gasteiger partial charge in [-0.2, -0.15) is 8.42 Å². The highest BCUT2D eigenvalue weighted by atomic mass is 32.3. The zero-order valence-corrected chi connectivity index (χ0v) is 11.1. The summed E-state index contributed by atoms with van der Waals surface area (Å²) in [6.07, 6.45) is -2.29. The van der Waals surface area contributed by atoms with Crippen LogP contribution in [0, 0.1) is 10.1 Å². The van der Waals surface area contributed by atoms with Crippen LogP contribution in [0.25, 0.3) is 0 Å². The number of aliphatic hydroxyl groups is 1. The summed E-state index contributed by atoms with van der Waals surface area (Å²) < 4.78 is 31.6. The van der Waals surface area contributed by atoms with Crippen molar-refractivity contribution >= 4 is 28.3 Å². The van der Waals surface area contributed by atoms with Crippen molar-refractivity contribution in [2.45, 2.75) is 18.4 Å². The third-order valence-corrected chi connectivity index (χ3v) is 1.29. The van der Waals surface area contributed by atoms with E-state index in [-0.39, 0.29) is 0 Å². The molecule has 0 atom stereocenters. The topological polar surface area (TPSA) is 270 Å². The molecule has 0 radical (unpaired) electrons. The number of carbonyl (C=O) groups is 3. The third kappa shape index (κ3) is 26.1. The number of carboxylic acids is 3. The van der Waals surface area contributed by atoms with Gasteiger partial charge in [0.05, 0.1) is 12.8 Å². The van der Waals surface area contributed by atoms with E-state index in [0.717, 1.165) is 0 Å². The zero-order valence-electron chi connectivity index (χ0n) is 10.3. The highest BCUT2D eigenvalue weighted by Gasteiger charge is 2.40. The molecule has 130 valence electrons. The second-order valence-corrected chi connectivity index (χ2v) is 4.06. The van der Waals surface area contributed by atoms with Gasteiger partial charge in [-0.3, -0.25) is 18.7 Å². The molecule has 0 aromatic heterocycles. The summed E-state index contributed by atoms with van der Waals surface area (Å²) in [5, 5.41) is 47.4. The minimum atomic E-state index is -4.67. The number of hydrogen-bond donors (Lipinski definition) is 7. The summed E-state index contributed by atoms with van der Waals surface area (Å²) >= 11 is 0. The maximum absolute atomic E-state index is 10.3. The van der Waals surface area contributed by atoms with Crippen LogP contribution in [-0.4, -0.2) is 71.8 Å². The average Bonchev–Trinajstić information content (AvgIpc) is 2.09. The standard InChI is InChI=1S/C6H8O7.HNO3.H2O4S/c7-3(8)1-6(13,5(11)12)2-4(9)10;2-1(3)4;1-5(2,3)4/h13H,1-2H2,(H,7,8)(H,9,10)(H,11,12);(H,2,3,4);(H2,1,2,3,4). The van der Waals surface area contributed by atoms with Gasteiger partial charge < -0.3 is 25.6 Å². The molecule has 0 amide bonds. The van der Waals surface area contributed by atoms with E-state index in [1.54, 1.807) is 0 Å². The largest absolute Gasteiger partial charge is 0.481 e. The Kier molecular flexibility index (Phi) is 11.3. The van der Waals surface area contributed by atoms with E-state index in [1.807, 2.05) is 0 Å². The number of carboxylic acid groups (broad SMARTS) is 3. The summed E-state index contributed by atoms with van der Waals surface area (Å²) in [5.74, 6) is -5.02. The van der Waals surface area contributed by atoms with Crippen LogP contribution in [0.2, 0.25) is 0 Å². The van der Waals surface area contributed by atoms with Gasteiger partial charge in [0.25, 0.3) is 5.09 Å². The van der Waals surface area contributed by atoms with Gasteiger partial charge in [-0.25, -0.2) is 4.79 Å². The molecular formula is C6H11NO14S. The summed E-state index contributed by atoms with van der Waals surface area (Å²) in [5.41, 5.74) is -2.74. The van der Waals surface area contributed by atoms with Crippen LogP contribution in [0.4, 0.5) is 0 Å². The van der Waals surface area contributed by atoms with Crippen molar-refractivity contribution in [3.63, 3.8) is 0 Å². The van der Waals surface area contributed by atoms with E-state index in [1.165, 1.54) is 0 Å². The fourth-order valence-corrected chi connectivity index (χ4v) is 0.714. The second kappa shape index (κ2) is 10.2. The number of hydrogen-bond acceptors (Lipinski definition) is 8. The van der Waals surface area contributed by atoms with E-state index in [9.17, 15) is 14.4 Å². The Bertz CT molecular complexity index is 479. The summed E-state index contributed by atoms with van der Waals surface area (Å²) in [7, 11) is -4.67. The molecule has 7 N–H and O–H groups in total. The molecule has 0 spiro atoms. The predicted molar refractivity (Wildman–Crippen MR) is 60.0 cm³/mol. The first kappa shape index (κ1) is 24.5. The van der Waals surface area contributed by atoms with Crippen molar-refractivity contribution in [3.05, 3.63) is 10.1 Å². The molecule has 0 rings (SSSR count). The number of aliphatic carboxylic acids is 3. The van der Waals surface area contributed by atoms with Gasteiger partial charge in [-0.05, 0) is 0 Å². The summed E-state index contributed by atoms with van der Waals surface area (Å²) in [4.78, 5) is 38.8. The Hall–Kier alpha value is -2.56. The smallest absolute Gasteiger partial charge is 0.394 e. The molecule has 0 aliphatic carbocycles. The van der Waals surface area contributed by atoms with Crippen LogP contribution < -0.4 is 0 Å². The summed E-state index contributed by atoms with van der Waals surface area (Å²) in [6, 6.07) is 0. The Morgan fingerprint density at radius 1 is 1.00 bits per heavy atom. The zero-order chi connectivity index (χ0) is 18.7. The first-order chi connectivity index (χ1) is 9.51. The lowest BCUT2D eigenvalue weighted by molar-refractivity contribution is -0.742. The maximum atomic E-state index is 10.3. The molecule has 0 aliphatic heterocycles. The third-order valence-electron chi connectivity index (χ3n) is 1.29. The highest BCUT2D eigenvalue weighted by Crippen LogP contribution is 2.15. The van der Waals surface area contributed by atoms with Gasteiger partial charge in [0.15, 0.2) is 5.60 Å². The van der Waals surface area contributed by atoms with Gasteiger partial charge in [0.2, 0.25) is 0 Å². The maximum Gasteiger partial charge on any atom is 0.394 e. The lowest BCUT2D eigenvalue weighted by atomic mass is 9.96. The first-order valence-corrected chi connectivity index (χ1v) is 5.83. The Morgan fingerprint density at radius 3 is 1.27 bits per heavy atom. The van der Waals surface area contributed by atoms with E-state index in [4.69, 9.17) is 53.3 Å². The number of nitrogens with zero attached hydrogens (tertiary/aromatic N) is 1. The van der Waals surface area contributed by atoms with Crippen LogP contribution in [0.3, 0.4) is 0 Å². The van der Waals surface area contributed by atoms with Gasteiger partial charge in [0, 0.05) is 0 Å². The van der Waals surface area contributed by atoms with E-state index < -0.39 is 51.8 Å². The fourth-order valence-electron chi connectivity index (χ4n) is 0.714. The van der Waals surface area contributed by atoms with Gasteiger partial charge in [-0.15, -0.1) is 10.1 Å². The monoisotopic (exact) mass is 353 g/mol. The normalized spacial score (nSPS) is 10.1. The lowest BCUT2D eigenvalue weighted by Crippen LogP contribution is -2.42. The SMILES string of the molecule is O=C(O)CC(O)(CC(=O)O)C(=O)O.O=S(=O)(O)O.O=[N+]([O-])O. The molecule has 0 aromatic rings. The Balaban J connectivity index is -0.000000330. The molecule has 22 heavy (non-hydrogen) atoms. The van der Waals surface area contributed by atoms with Gasteiger partial charge in [0.1, 0.15) is 0 Å². The molecule has 0 fully saturated rings. The lowest BCUT2D eigenvalue weighted by Gasteiger charge is -2.18. The first-order valence-electron chi connectivity index (χ1n) is 4.43. The van der Waals surface area contributed by atoms with Crippen molar-refractivity contribution in [1.82, 2.24) is 0 Å². The molecule has 0 bridgehead atoms. The van der Waals surface area contributed by atoms with E-state index >= 15 is 0 Å². The molecule has 0 unspecified atom stereocenters. The number of rotatable bonds is 5. The van der Waals surface area contributed by atoms with Crippen LogP contribution in [0.15, 0.2) is 0 Å². The van der Waals surface area contributed by atoms with Crippen molar-refractivity contribution < 1.29 is 62.6 Å². The van der Waals surface area contributed by atoms with Crippen LogP contribution >= 0.6 is 0 Å². The minimum absolute atomic E-state index is 1.14. The molecule has 0 saturated heterocycles. The van der Waals surface area contributed by atoms with E-state index in [2.05, 4.69) is 0 Å². The highest BCUT2D eigenvalue weighted by molar-refractivity contribution is 7.79. The average molecular weight is 353 g/mol. The second-order valence-electron chi connectivity index (χ2n) is 3.16. The van der Waals surface area contributed by atoms with Crippen molar-refractivity contribution in [2.24, 2.45) is 0 Å². The Morgan fingerprint density at radius 2 is 1.18 bits per heavy atom. The molecular weight excluding hydrogens is 342 g/mol. The van der Waals surface area contributed by atoms with Crippen molar-refractivity contribution in [3.8, 4) is 0 Å². The molecule has 15 nitrogen and oxygen atoms in total.